The van der Waals surface area contributed by atoms with E-state index >= 15 is 0 Å². The lowest BCUT2D eigenvalue weighted by atomic mass is 10.1. The number of aromatic nitrogens is 2. The molecule has 1 N–H and O–H groups in total. The van der Waals surface area contributed by atoms with Crippen LogP contribution in [0.15, 0.2) is 34.5 Å². The molecule has 1 aliphatic heterocycles. The van der Waals surface area contributed by atoms with Crippen LogP contribution in [0.3, 0.4) is 0 Å². The maximum absolute atomic E-state index is 13.9. The molecule has 1 aromatic carbocycles. The van der Waals surface area contributed by atoms with E-state index in [9.17, 15) is 22.7 Å². The van der Waals surface area contributed by atoms with Crippen LogP contribution in [0.1, 0.15) is 18.7 Å². The summed E-state index contributed by atoms with van der Waals surface area (Å²) in [5.41, 5.74) is 0.786. The average molecular weight is 454 g/mol. The number of aliphatic carboxylic acids is 1. The van der Waals surface area contributed by atoms with Crippen LogP contribution in [0, 0.1) is 11.7 Å². The normalized spacial score (nSPS) is 20.1. The van der Waals surface area contributed by atoms with Crippen molar-refractivity contribution in [2.24, 2.45) is 5.92 Å². The fourth-order valence-electron chi connectivity index (χ4n) is 3.80. The molecule has 0 spiro atoms. The van der Waals surface area contributed by atoms with Gasteiger partial charge in [-0.1, -0.05) is 18.3 Å². The number of sulfonamides is 1. The highest BCUT2D eigenvalue weighted by atomic mass is 32.2. The van der Waals surface area contributed by atoms with Gasteiger partial charge in [-0.3, -0.25) is 9.48 Å². The Hall–Kier alpha value is -2.50. The van der Waals surface area contributed by atoms with Crippen LogP contribution in [0.5, 0.6) is 5.06 Å². The number of methoxy groups -OCH3 is 1. The number of ether oxygens (including phenoxy) is 1. The highest BCUT2D eigenvalue weighted by Gasteiger charge is 2.40. The summed E-state index contributed by atoms with van der Waals surface area (Å²) in [5, 5.41) is 14.7. The van der Waals surface area contributed by atoms with E-state index in [1.165, 1.54) is 35.7 Å². The molecule has 0 unspecified atom stereocenters. The molecule has 1 fully saturated rings. The number of halogens is 1. The van der Waals surface area contributed by atoms with Crippen LogP contribution in [0.2, 0.25) is 0 Å². The fourth-order valence-corrected chi connectivity index (χ4v) is 6.61. The molecule has 1 aliphatic rings. The lowest BCUT2D eigenvalue weighted by Gasteiger charge is -2.17. The van der Waals surface area contributed by atoms with Gasteiger partial charge in [0.1, 0.15) is 10.0 Å². The Bertz CT molecular complexity index is 1220. The van der Waals surface area contributed by atoms with Crippen molar-refractivity contribution in [2.75, 3.05) is 20.2 Å². The molecule has 0 radical (unpaired) electrons. The van der Waals surface area contributed by atoms with E-state index in [0.29, 0.717) is 21.7 Å². The van der Waals surface area contributed by atoms with Crippen LogP contribution in [-0.2, 0) is 21.2 Å². The van der Waals surface area contributed by atoms with Crippen molar-refractivity contribution in [1.29, 1.82) is 0 Å². The van der Waals surface area contributed by atoms with Crippen molar-refractivity contribution in [2.45, 2.75) is 23.6 Å². The van der Waals surface area contributed by atoms with E-state index in [1.807, 2.05) is 6.92 Å². The molecule has 30 heavy (non-hydrogen) atoms. The number of rotatable bonds is 6. The molecule has 0 saturated carbocycles. The van der Waals surface area contributed by atoms with E-state index < -0.39 is 21.8 Å². The van der Waals surface area contributed by atoms with Gasteiger partial charge >= 0.3 is 5.97 Å². The Balaban J connectivity index is 1.71. The minimum atomic E-state index is -3.71. The number of hydrogen-bond donors (Lipinski definition) is 1. The van der Waals surface area contributed by atoms with Gasteiger partial charge in [-0.15, -0.1) is 0 Å². The Kier molecular flexibility index (Phi) is 5.28. The van der Waals surface area contributed by atoms with E-state index in [-0.39, 0.29) is 35.7 Å². The number of benzene rings is 1. The monoisotopic (exact) mass is 453 g/mol. The second-order valence-electron chi connectivity index (χ2n) is 7.27. The number of carbonyl (C=O) groups is 1. The molecule has 3 aromatic rings. The van der Waals surface area contributed by atoms with E-state index in [2.05, 4.69) is 5.10 Å². The maximum Gasteiger partial charge on any atom is 0.309 e. The van der Waals surface area contributed by atoms with Crippen molar-refractivity contribution < 1.29 is 27.4 Å². The molecule has 160 valence electrons. The molecule has 8 nitrogen and oxygen atoms in total. The second kappa shape index (κ2) is 7.64. The molecule has 2 aromatic heterocycles. The zero-order chi connectivity index (χ0) is 21.6. The third-order valence-corrected chi connectivity index (χ3v) is 8.62. The number of hydrogen-bond acceptors (Lipinski definition) is 6. The zero-order valence-corrected chi connectivity index (χ0v) is 17.9. The van der Waals surface area contributed by atoms with Gasteiger partial charge in [0.15, 0.2) is 5.06 Å². The molecule has 2 atom stereocenters. The number of nitrogens with zero attached hydrogens (tertiary/aromatic N) is 3. The summed E-state index contributed by atoms with van der Waals surface area (Å²) in [6.07, 6.45) is -0.298. The fraction of sp³-hybridized carbons (Fsp3) is 0.368. The van der Waals surface area contributed by atoms with Crippen LogP contribution in [0.25, 0.3) is 10.9 Å². The molecule has 0 amide bonds. The molecular formula is C19H20FN3O5S2. The zero-order valence-electron chi connectivity index (χ0n) is 16.3. The summed E-state index contributed by atoms with van der Waals surface area (Å²) >= 11 is 1.05. The first-order valence-corrected chi connectivity index (χ1v) is 11.5. The molecule has 0 aliphatic carbocycles. The van der Waals surface area contributed by atoms with Crippen molar-refractivity contribution in [1.82, 2.24) is 14.1 Å². The SMILES string of the molecule is COc1ccc(S(=O)(=O)N2C[C@@H](C)[C@@H](n3nc(CC(=O)O)c4ccc(F)cc43)C2)s1. The van der Waals surface area contributed by atoms with Crippen LogP contribution < -0.4 is 4.74 Å². The first-order chi connectivity index (χ1) is 14.2. The molecule has 11 heteroatoms. The van der Waals surface area contributed by atoms with Gasteiger partial charge in [0.25, 0.3) is 10.0 Å². The Morgan fingerprint density at radius 3 is 2.77 bits per heavy atom. The number of carboxylic acid groups (broad SMARTS) is 1. The molecule has 4 rings (SSSR count). The number of thiophene rings is 1. The number of carboxylic acids is 1. The third-order valence-electron chi connectivity index (χ3n) is 5.27. The minimum Gasteiger partial charge on any atom is -0.487 e. The Morgan fingerprint density at radius 2 is 2.10 bits per heavy atom. The first-order valence-electron chi connectivity index (χ1n) is 9.23. The predicted octanol–water partition coefficient (Wildman–Crippen LogP) is 2.75. The second-order valence-corrected chi connectivity index (χ2v) is 10.5. The van der Waals surface area contributed by atoms with Gasteiger partial charge < -0.3 is 9.84 Å². The van der Waals surface area contributed by atoms with Crippen molar-refractivity contribution in [3.63, 3.8) is 0 Å². The van der Waals surface area contributed by atoms with E-state index in [4.69, 9.17) is 4.74 Å². The summed E-state index contributed by atoms with van der Waals surface area (Å²) in [6.45, 7) is 2.33. The first kappa shape index (κ1) is 20.8. The topological polar surface area (TPSA) is 102 Å². The van der Waals surface area contributed by atoms with E-state index in [0.717, 1.165) is 11.3 Å². The average Bonchev–Trinajstić information content (AvgIpc) is 3.39. The summed E-state index contributed by atoms with van der Waals surface area (Å²) in [6, 6.07) is 6.85. The Morgan fingerprint density at radius 1 is 1.33 bits per heavy atom. The molecule has 3 heterocycles. The van der Waals surface area contributed by atoms with Crippen molar-refractivity contribution in [3.05, 3.63) is 41.8 Å². The van der Waals surface area contributed by atoms with Crippen LogP contribution in [0.4, 0.5) is 4.39 Å². The summed E-state index contributed by atoms with van der Waals surface area (Å²) in [5.74, 6) is -1.61. The van der Waals surface area contributed by atoms with Gasteiger partial charge in [0, 0.05) is 18.5 Å². The standard InChI is InChI=1S/C19H20FN3O5S2/c1-11-9-22(30(26,27)19-6-5-18(28-2)29-19)10-16(11)23-15-7-12(20)3-4-13(15)14(21-23)8-17(24)25/h3-7,11,16H,8-10H2,1-2H3,(H,24,25)/t11-,16+/m1/s1. The van der Waals surface area contributed by atoms with Crippen molar-refractivity contribution >= 4 is 38.2 Å². The Labute approximate surface area is 176 Å². The lowest BCUT2D eigenvalue weighted by molar-refractivity contribution is -0.136. The quantitative estimate of drug-likeness (QED) is 0.616. The highest BCUT2D eigenvalue weighted by Crippen LogP contribution is 2.37. The van der Waals surface area contributed by atoms with Gasteiger partial charge in [0.05, 0.1) is 30.8 Å². The molecule has 1 saturated heterocycles. The summed E-state index contributed by atoms with van der Waals surface area (Å²) < 4.78 is 48.3. The highest BCUT2D eigenvalue weighted by molar-refractivity contribution is 7.91. The smallest absolute Gasteiger partial charge is 0.309 e. The van der Waals surface area contributed by atoms with Gasteiger partial charge in [-0.2, -0.15) is 9.40 Å². The van der Waals surface area contributed by atoms with E-state index in [1.54, 1.807) is 10.7 Å². The molecule has 0 bridgehead atoms. The van der Waals surface area contributed by atoms with Crippen LogP contribution >= 0.6 is 11.3 Å². The van der Waals surface area contributed by atoms with Gasteiger partial charge in [-0.25, -0.2) is 12.8 Å². The minimum absolute atomic E-state index is 0.106. The summed E-state index contributed by atoms with van der Waals surface area (Å²) in [4.78, 5) is 11.2. The van der Waals surface area contributed by atoms with Gasteiger partial charge in [0.2, 0.25) is 0 Å². The maximum atomic E-state index is 13.9. The van der Waals surface area contributed by atoms with Gasteiger partial charge in [-0.05, 0) is 36.2 Å². The van der Waals surface area contributed by atoms with Crippen molar-refractivity contribution in [3.8, 4) is 5.06 Å². The molecular weight excluding hydrogens is 433 g/mol. The lowest BCUT2D eigenvalue weighted by Crippen LogP contribution is -2.29. The predicted molar refractivity (Wildman–Crippen MR) is 109 cm³/mol. The number of fused-ring (bicyclic) bond motifs is 1. The van der Waals surface area contributed by atoms with Crippen LogP contribution in [-0.4, -0.2) is 53.8 Å². The largest absolute Gasteiger partial charge is 0.487 e. The third kappa shape index (κ3) is 3.57. The summed E-state index contributed by atoms with van der Waals surface area (Å²) in [7, 11) is -2.23.